The van der Waals surface area contributed by atoms with E-state index in [1.54, 1.807) is 0 Å². The standard InChI is InChI=1S/C14H16N2/c1-16-13-10-6-5-9-12(13)15-14(16)11-7-3-2-4-8-11/h5-7,9-10H,2-4,8H2,1H3. The minimum atomic E-state index is 1.10. The molecule has 0 spiro atoms. The molecule has 2 nitrogen and oxygen atoms in total. The molecule has 0 aliphatic heterocycles. The highest BCUT2D eigenvalue weighted by Crippen LogP contribution is 2.27. The first-order chi connectivity index (χ1) is 7.86. The van der Waals surface area contributed by atoms with E-state index in [4.69, 9.17) is 4.98 Å². The quantitative estimate of drug-likeness (QED) is 0.707. The topological polar surface area (TPSA) is 17.8 Å². The van der Waals surface area contributed by atoms with Crippen molar-refractivity contribution in [2.45, 2.75) is 25.7 Å². The second kappa shape index (κ2) is 3.78. The van der Waals surface area contributed by atoms with Crippen molar-refractivity contribution in [2.75, 3.05) is 0 Å². The second-order valence-electron chi connectivity index (χ2n) is 4.46. The van der Waals surface area contributed by atoms with E-state index in [0.29, 0.717) is 0 Å². The van der Waals surface area contributed by atoms with E-state index in [1.807, 2.05) is 6.07 Å². The summed E-state index contributed by atoms with van der Waals surface area (Å²) in [7, 11) is 2.11. The number of nitrogens with zero attached hydrogens (tertiary/aromatic N) is 2. The Labute approximate surface area is 95.6 Å². The molecule has 2 heteroatoms. The van der Waals surface area contributed by atoms with Gasteiger partial charge in [-0.1, -0.05) is 18.2 Å². The number of hydrogen-bond acceptors (Lipinski definition) is 1. The number of benzene rings is 1. The number of fused-ring (bicyclic) bond motifs is 1. The lowest BCUT2D eigenvalue weighted by atomic mass is 9.99. The first-order valence-corrected chi connectivity index (χ1v) is 5.97. The maximum atomic E-state index is 4.73. The van der Waals surface area contributed by atoms with Crippen molar-refractivity contribution in [3.05, 3.63) is 36.2 Å². The molecule has 2 aromatic rings. The minimum Gasteiger partial charge on any atom is -0.327 e. The van der Waals surface area contributed by atoms with Crippen molar-refractivity contribution in [1.82, 2.24) is 9.55 Å². The van der Waals surface area contributed by atoms with Crippen molar-refractivity contribution < 1.29 is 0 Å². The lowest BCUT2D eigenvalue weighted by Gasteiger charge is -2.12. The third-order valence-electron chi connectivity index (χ3n) is 3.37. The number of para-hydroxylation sites is 2. The maximum absolute atomic E-state index is 4.73. The number of hydrogen-bond donors (Lipinski definition) is 0. The Kier molecular flexibility index (Phi) is 2.28. The number of rotatable bonds is 1. The van der Waals surface area contributed by atoms with Crippen molar-refractivity contribution in [2.24, 2.45) is 7.05 Å². The molecule has 1 aromatic heterocycles. The molecule has 82 valence electrons. The van der Waals surface area contributed by atoms with Crippen LogP contribution in [0.5, 0.6) is 0 Å². The van der Waals surface area contributed by atoms with E-state index in [1.165, 1.54) is 36.8 Å². The van der Waals surface area contributed by atoms with Gasteiger partial charge in [0.05, 0.1) is 11.0 Å². The van der Waals surface area contributed by atoms with Gasteiger partial charge in [0.25, 0.3) is 0 Å². The Morgan fingerprint density at radius 3 is 2.81 bits per heavy atom. The van der Waals surface area contributed by atoms with Crippen LogP contribution in [0, 0.1) is 0 Å². The Bertz CT molecular complexity index is 549. The van der Waals surface area contributed by atoms with Crippen molar-refractivity contribution >= 4 is 16.6 Å². The summed E-state index contributed by atoms with van der Waals surface area (Å²) in [5, 5.41) is 0. The smallest absolute Gasteiger partial charge is 0.136 e. The normalized spacial score (nSPS) is 16.4. The fourth-order valence-corrected chi connectivity index (χ4v) is 2.47. The SMILES string of the molecule is Cn1c(C2=CCCCC2)nc2ccccc21. The van der Waals surface area contributed by atoms with Gasteiger partial charge in [-0.05, 0) is 43.4 Å². The molecule has 1 heterocycles. The summed E-state index contributed by atoms with van der Waals surface area (Å²) in [5.74, 6) is 1.15. The number of allylic oxidation sites excluding steroid dienone is 2. The highest BCUT2D eigenvalue weighted by Gasteiger charge is 2.13. The third kappa shape index (κ3) is 1.45. The minimum absolute atomic E-state index is 1.10. The fraction of sp³-hybridized carbons (Fsp3) is 0.357. The molecule has 1 aliphatic rings. The van der Waals surface area contributed by atoms with Gasteiger partial charge in [0.2, 0.25) is 0 Å². The lowest BCUT2D eigenvalue weighted by Crippen LogP contribution is -2.00. The van der Waals surface area contributed by atoms with Crippen molar-refractivity contribution in [1.29, 1.82) is 0 Å². The molecule has 0 atom stereocenters. The van der Waals surface area contributed by atoms with Crippen LogP contribution in [0.4, 0.5) is 0 Å². The molecule has 0 saturated heterocycles. The van der Waals surface area contributed by atoms with Gasteiger partial charge in [-0.15, -0.1) is 0 Å². The molecule has 0 bridgehead atoms. The van der Waals surface area contributed by atoms with Crippen molar-refractivity contribution in [3.63, 3.8) is 0 Å². The summed E-state index contributed by atoms with van der Waals surface area (Å²) in [6, 6.07) is 8.34. The summed E-state index contributed by atoms with van der Waals surface area (Å²) in [6.45, 7) is 0. The summed E-state index contributed by atoms with van der Waals surface area (Å²) < 4.78 is 2.21. The summed E-state index contributed by atoms with van der Waals surface area (Å²) in [6.07, 6.45) is 7.36. The van der Waals surface area contributed by atoms with Crippen molar-refractivity contribution in [3.8, 4) is 0 Å². The fourth-order valence-electron chi connectivity index (χ4n) is 2.47. The summed E-state index contributed by atoms with van der Waals surface area (Å²) in [4.78, 5) is 4.73. The Balaban J connectivity index is 2.16. The molecule has 16 heavy (non-hydrogen) atoms. The van der Waals surface area contributed by atoms with Crippen LogP contribution >= 0.6 is 0 Å². The van der Waals surface area contributed by atoms with Crippen LogP contribution in [-0.4, -0.2) is 9.55 Å². The number of aromatic nitrogens is 2. The molecular formula is C14H16N2. The first-order valence-electron chi connectivity index (χ1n) is 5.97. The average Bonchev–Trinajstić information content (AvgIpc) is 2.69. The van der Waals surface area contributed by atoms with Crippen LogP contribution < -0.4 is 0 Å². The van der Waals surface area contributed by atoms with E-state index in [0.717, 1.165) is 11.3 Å². The van der Waals surface area contributed by atoms with Crippen LogP contribution in [0.15, 0.2) is 30.3 Å². The zero-order chi connectivity index (χ0) is 11.0. The number of aryl methyl sites for hydroxylation is 1. The highest BCUT2D eigenvalue weighted by molar-refractivity contribution is 5.79. The highest BCUT2D eigenvalue weighted by atomic mass is 15.1. The van der Waals surface area contributed by atoms with Crippen LogP contribution in [-0.2, 0) is 7.05 Å². The Morgan fingerprint density at radius 2 is 2.06 bits per heavy atom. The van der Waals surface area contributed by atoms with Gasteiger partial charge in [-0.3, -0.25) is 0 Å². The molecule has 0 N–H and O–H groups in total. The molecule has 0 fully saturated rings. The maximum Gasteiger partial charge on any atom is 0.136 e. The van der Waals surface area contributed by atoms with Gasteiger partial charge in [0.1, 0.15) is 5.82 Å². The van der Waals surface area contributed by atoms with Gasteiger partial charge in [0.15, 0.2) is 0 Å². The summed E-state index contributed by atoms with van der Waals surface area (Å²) in [5.41, 5.74) is 3.75. The first kappa shape index (κ1) is 9.64. The van der Waals surface area contributed by atoms with Crippen LogP contribution in [0.2, 0.25) is 0 Å². The van der Waals surface area contributed by atoms with E-state index < -0.39 is 0 Å². The van der Waals surface area contributed by atoms with E-state index in [9.17, 15) is 0 Å². The molecule has 0 unspecified atom stereocenters. The molecule has 0 amide bonds. The third-order valence-corrected chi connectivity index (χ3v) is 3.37. The molecule has 0 radical (unpaired) electrons. The van der Waals surface area contributed by atoms with E-state index >= 15 is 0 Å². The zero-order valence-corrected chi connectivity index (χ0v) is 9.61. The van der Waals surface area contributed by atoms with Gasteiger partial charge in [0, 0.05) is 7.05 Å². The molecule has 3 rings (SSSR count). The predicted octanol–water partition coefficient (Wildman–Crippen LogP) is 3.53. The largest absolute Gasteiger partial charge is 0.327 e. The van der Waals surface area contributed by atoms with E-state index in [2.05, 4.69) is 35.9 Å². The molecule has 0 saturated carbocycles. The van der Waals surface area contributed by atoms with Crippen LogP contribution in [0.3, 0.4) is 0 Å². The zero-order valence-electron chi connectivity index (χ0n) is 9.61. The Morgan fingerprint density at radius 1 is 1.19 bits per heavy atom. The molecule has 1 aliphatic carbocycles. The Hall–Kier alpha value is -1.57. The second-order valence-corrected chi connectivity index (χ2v) is 4.46. The molecular weight excluding hydrogens is 196 g/mol. The molecule has 1 aromatic carbocycles. The number of imidazole rings is 1. The van der Waals surface area contributed by atoms with Gasteiger partial charge in [-0.25, -0.2) is 4.98 Å². The monoisotopic (exact) mass is 212 g/mol. The summed E-state index contributed by atoms with van der Waals surface area (Å²) >= 11 is 0. The van der Waals surface area contributed by atoms with E-state index in [-0.39, 0.29) is 0 Å². The average molecular weight is 212 g/mol. The lowest BCUT2D eigenvalue weighted by molar-refractivity contribution is 0.732. The predicted molar refractivity (Wildman–Crippen MR) is 67.2 cm³/mol. The van der Waals surface area contributed by atoms with Gasteiger partial charge >= 0.3 is 0 Å². The van der Waals surface area contributed by atoms with Gasteiger partial charge < -0.3 is 4.57 Å². The van der Waals surface area contributed by atoms with Crippen LogP contribution in [0.1, 0.15) is 31.5 Å². The van der Waals surface area contributed by atoms with Crippen LogP contribution in [0.25, 0.3) is 16.6 Å². The van der Waals surface area contributed by atoms with Gasteiger partial charge in [-0.2, -0.15) is 0 Å².